The van der Waals surface area contributed by atoms with Gasteiger partial charge < -0.3 is 10.0 Å². The molecule has 0 spiro atoms. The number of rotatable bonds is 4. The molecule has 0 radical (unpaired) electrons. The maximum atomic E-state index is 12.1. The van der Waals surface area contributed by atoms with Gasteiger partial charge in [0.15, 0.2) is 0 Å². The number of ketones is 1. The Bertz CT molecular complexity index is 524. The summed E-state index contributed by atoms with van der Waals surface area (Å²) in [6, 6.07) is 4.28. The average molecular weight is 288 g/mol. The van der Waals surface area contributed by atoms with E-state index in [1.54, 1.807) is 14.1 Å². The van der Waals surface area contributed by atoms with Crippen molar-refractivity contribution < 1.29 is 14.7 Å². The van der Waals surface area contributed by atoms with Gasteiger partial charge in [-0.25, -0.2) is 4.79 Å². The third-order valence-corrected chi connectivity index (χ3v) is 2.59. The minimum absolute atomic E-state index is 0.108. The van der Waals surface area contributed by atoms with Crippen molar-refractivity contribution in [3.8, 4) is 0 Å². The molecule has 1 rings (SSSR count). The number of hydrogen-bond acceptors (Lipinski definition) is 3. The second kappa shape index (κ2) is 5.89. The highest BCUT2D eigenvalue weighted by molar-refractivity contribution is 6.38. The normalized spacial score (nSPS) is 11.2. The fraction of sp³-hybridized carbons (Fsp3) is 0.167. The first-order valence-corrected chi connectivity index (χ1v) is 5.70. The van der Waals surface area contributed by atoms with Crippen molar-refractivity contribution in [1.82, 2.24) is 4.90 Å². The van der Waals surface area contributed by atoms with Crippen LogP contribution >= 0.6 is 23.2 Å². The van der Waals surface area contributed by atoms with Crippen molar-refractivity contribution in [2.24, 2.45) is 0 Å². The van der Waals surface area contributed by atoms with E-state index in [0.717, 1.165) is 0 Å². The van der Waals surface area contributed by atoms with Crippen molar-refractivity contribution >= 4 is 35.0 Å². The Kier molecular flexibility index (Phi) is 4.76. The molecule has 0 unspecified atom stereocenters. The summed E-state index contributed by atoms with van der Waals surface area (Å²) in [5.74, 6) is -1.96. The number of Topliss-reactive ketones (excluding diaryl/α,β-unsaturated/α-hetero) is 1. The number of aliphatic carboxylic acids is 1. The Labute approximate surface area is 114 Å². The van der Waals surface area contributed by atoms with Crippen molar-refractivity contribution in [3.63, 3.8) is 0 Å². The van der Waals surface area contributed by atoms with Crippen molar-refractivity contribution in [1.29, 1.82) is 0 Å². The molecule has 0 aliphatic heterocycles. The Morgan fingerprint density at radius 1 is 1.28 bits per heavy atom. The molecule has 1 aromatic carbocycles. The molecular weight excluding hydrogens is 277 g/mol. The van der Waals surface area contributed by atoms with E-state index in [2.05, 4.69) is 0 Å². The number of carboxylic acids is 1. The number of benzene rings is 1. The fourth-order valence-corrected chi connectivity index (χ4v) is 1.78. The highest BCUT2D eigenvalue weighted by Gasteiger charge is 2.21. The largest absolute Gasteiger partial charge is 0.477 e. The SMILES string of the molecule is CN(C)C=C(C(=O)O)C(=O)c1ccc(Cl)cc1Cl. The van der Waals surface area contributed by atoms with E-state index in [-0.39, 0.29) is 16.2 Å². The number of carbonyl (C=O) groups excluding carboxylic acids is 1. The Morgan fingerprint density at radius 3 is 2.33 bits per heavy atom. The molecule has 18 heavy (non-hydrogen) atoms. The lowest BCUT2D eigenvalue weighted by atomic mass is 10.0. The summed E-state index contributed by atoms with van der Waals surface area (Å²) in [6.07, 6.45) is 1.23. The highest BCUT2D eigenvalue weighted by Crippen LogP contribution is 2.23. The first-order chi connectivity index (χ1) is 8.32. The molecule has 0 fully saturated rings. The molecule has 6 heteroatoms. The maximum Gasteiger partial charge on any atom is 0.341 e. The van der Waals surface area contributed by atoms with Gasteiger partial charge in [0.05, 0.1) is 5.02 Å². The lowest BCUT2D eigenvalue weighted by Crippen LogP contribution is -2.17. The molecule has 0 saturated carbocycles. The zero-order chi connectivity index (χ0) is 13.9. The van der Waals surface area contributed by atoms with Gasteiger partial charge in [-0.2, -0.15) is 0 Å². The van der Waals surface area contributed by atoms with Crippen molar-refractivity contribution in [3.05, 3.63) is 45.6 Å². The van der Waals surface area contributed by atoms with Crippen LogP contribution < -0.4 is 0 Å². The molecule has 0 saturated heterocycles. The Morgan fingerprint density at radius 2 is 1.89 bits per heavy atom. The average Bonchev–Trinajstić information content (AvgIpc) is 2.24. The minimum Gasteiger partial charge on any atom is -0.477 e. The highest BCUT2D eigenvalue weighted by atomic mass is 35.5. The van der Waals surface area contributed by atoms with E-state index in [0.29, 0.717) is 5.02 Å². The van der Waals surface area contributed by atoms with E-state index in [9.17, 15) is 9.59 Å². The van der Waals surface area contributed by atoms with Crippen LogP contribution in [0.3, 0.4) is 0 Å². The van der Waals surface area contributed by atoms with Crippen LogP contribution in [0.4, 0.5) is 0 Å². The summed E-state index contributed by atoms with van der Waals surface area (Å²) in [5, 5.41) is 9.52. The number of carboxylic acid groups (broad SMARTS) is 1. The molecule has 0 bridgehead atoms. The first kappa shape index (κ1) is 14.5. The van der Waals surface area contributed by atoms with Crippen LogP contribution in [0.5, 0.6) is 0 Å². The van der Waals surface area contributed by atoms with E-state index >= 15 is 0 Å². The zero-order valence-corrected chi connectivity index (χ0v) is 11.3. The third kappa shape index (κ3) is 3.48. The fourth-order valence-electron chi connectivity index (χ4n) is 1.29. The lowest BCUT2D eigenvalue weighted by Gasteiger charge is -2.09. The van der Waals surface area contributed by atoms with E-state index in [4.69, 9.17) is 28.3 Å². The van der Waals surface area contributed by atoms with Gasteiger partial charge in [0.25, 0.3) is 0 Å². The van der Waals surface area contributed by atoms with Gasteiger partial charge in [-0.05, 0) is 18.2 Å². The molecule has 1 N–H and O–H groups in total. The molecule has 0 aromatic heterocycles. The van der Waals surface area contributed by atoms with Crippen LogP contribution in [0.15, 0.2) is 30.0 Å². The predicted octanol–water partition coefficient (Wildman–Crippen LogP) is 2.71. The first-order valence-electron chi connectivity index (χ1n) is 4.94. The Balaban J connectivity index is 3.23. The summed E-state index contributed by atoms with van der Waals surface area (Å²) in [4.78, 5) is 24.6. The second-order valence-electron chi connectivity index (χ2n) is 3.76. The van der Waals surface area contributed by atoms with E-state index < -0.39 is 11.8 Å². The zero-order valence-electron chi connectivity index (χ0n) is 9.78. The molecule has 0 aliphatic rings. The molecule has 0 amide bonds. The summed E-state index contributed by atoms with van der Waals surface area (Å²) in [6.45, 7) is 0. The van der Waals surface area contributed by atoms with Gasteiger partial charge in [-0.1, -0.05) is 23.2 Å². The van der Waals surface area contributed by atoms with E-state index in [1.165, 1.54) is 29.3 Å². The number of hydrogen-bond donors (Lipinski definition) is 1. The van der Waals surface area contributed by atoms with Gasteiger partial charge >= 0.3 is 5.97 Å². The molecule has 0 aliphatic carbocycles. The molecule has 0 atom stereocenters. The van der Waals surface area contributed by atoms with Crippen molar-refractivity contribution in [2.45, 2.75) is 0 Å². The number of nitrogens with zero attached hydrogens (tertiary/aromatic N) is 1. The minimum atomic E-state index is -1.31. The molecule has 96 valence electrons. The number of halogens is 2. The third-order valence-electron chi connectivity index (χ3n) is 2.04. The number of carbonyl (C=O) groups is 2. The van der Waals surface area contributed by atoms with Crippen LogP contribution in [0.25, 0.3) is 0 Å². The van der Waals surface area contributed by atoms with E-state index in [1.807, 2.05) is 0 Å². The summed E-state index contributed by atoms with van der Waals surface area (Å²) in [7, 11) is 3.25. The monoisotopic (exact) mass is 287 g/mol. The smallest absolute Gasteiger partial charge is 0.341 e. The van der Waals surface area contributed by atoms with Crippen LogP contribution in [-0.2, 0) is 4.79 Å². The van der Waals surface area contributed by atoms with Gasteiger partial charge in [-0.3, -0.25) is 4.79 Å². The molecule has 1 aromatic rings. The van der Waals surface area contributed by atoms with Crippen LogP contribution in [0, 0.1) is 0 Å². The second-order valence-corrected chi connectivity index (χ2v) is 4.61. The summed E-state index contributed by atoms with van der Waals surface area (Å²) >= 11 is 11.6. The van der Waals surface area contributed by atoms with Crippen LogP contribution in [0.1, 0.15) is 10.4 Å². The quantitative estimate of drug-likeness (QED) is 0.400. The van der Waals surface area contributed by atoms with Gasteiger partial charge in [-0.15, -0.1) is 0 Å². The van der Waals surface area contributed by atoms with Crippen LogP contribution in [0.2, 0.25) is 10.0 Å². The molecular formula is C12H11Cl2NO3. The molecule has 4 nitrogen and oxygen atoms in total. The summed E-state index contributed by atoms with van der Waals surface area (Å²) in [5.41, 5.74) is -0.249. The Hall–Kier alpha value is -1.52. The van der Waals surface area contributed by atoms with Crippen molar-refractivity contribution in [2.75, 3.05) is 14.1 Å². The van der Waals surface area contributed by atoms with Gasteiger partial charge in [0.2, 0.25) is 5.78 Å². The standard InChI is InChI=1S/C12H11Cl2NO3/c1-15(2)6-9(12(17)18)11(16)8-4-3-7(13)5-10(8)14/h3-6H,1-2H3,(H,17,18). The summed E-state index contributed by atoms with van der Waals surface area (Å²) < 4.78 is 0. The molecule has 0 heterocycles. The maximum absolute atomic E-state index is 12.1. The topological polar surface area (TPSA) is 57.6 Å². The van der Waals surface area contributed by atoms with Gasteiger partial charge in [0, 0.05) is 30.9 Å². The van der Waals surface area contributed by atoms with Gasteiger partial charge in [0.1, 0.15) is 5.57 Å². The lowest BCUT2D eigenvalue weighted by molar-refractivity contribution is -0.132. The predicted molar refractivity (Wildman–Crippen MR) is 70.2 cm³/mol. The van der Waals surface area contributed by atoms with Crippen LogP contribution in [-0.4, -0.2) is 35.9 Å².